The summed E-state index contributed by atoms with van der Waals surface area (Å²) in [4.78, 5) is 0. The largest absolute Gasteiger partial charge is 1.00 e. The van der Waals surface area contributed by atoms with Crippen LogP contribution in [-0.4, -0.2) is 65.3 Å². The Morgan fingerprint density at radius 3 is 1.31 bits per heavy atom. The van der Waals surface area contributed by atoms with E-state index >= 15 is 0 Å². The van der Waals surface area contributed by atoms with Gasteiger partial charge in [-0.05, 0) is 0 Å². The van der Waals surface area contributed by atoms with Crippen LogP contribution in [0.4, 0.5) is 0 Å². The molecule has 0 atom stereocenters. The highest BCUT2D eigenvalue weighted by atomic mass is 35.5. The Kier molecular flexibility index (Phi) is 11.0. The normalized spacial score (nSPS) is 11.1. The van der Waals surface area contributed by atoms with E-state index in [1.807, 2.05) is 0 Å². The van der Waals surface area contributed by atoms with Crippen molar-refractivity contribution in [2.45, 2.75) is 0 Å². The number of halogens is 2. The van der Waals surface area contributed by atoms with Gasteiger partial charge >= 0.3 is 0 Å². The maximum atomic E-state index is 8.75. The van der Waals surface area contributed by atoms with Crippen LogP contribution >= 0.6 is 11.6 Å². The van der Waals surface area contributed by atoms with E-state index < -0.39 is 0 Å². The number of aliphatic hydroxyl groups is 3. The molecule has 0 bridgehead atoms. The van der Waals surface area contributed by atoms with E-state index in [1.54, 1.807) is 0 Å². The van der Waals surface area contributed by atoms with Crippen molar-refractivity contribution in [2.24, 2.45) is 0 Å². The molecule has 13 heavy (non-hydrogen) atoms. The summed E-state index contributed by atoms with van der Waals surface area (Å²) in [7, 11) is 0. The van der Waals surface area contributed by atoms with E-state index in [1.165, 1.54) is 0 Å². The lowest BCUT2D eigenvalue weighted by Crippen LogP contribution is -3.00. The fourth-order valence-electron chi connectivity index (χ4n) is 1.15. The quantitative estimate of drug-likeness (QED) is 0.239. The second-order valence-electron chi connectivity index (χ2n) is 2.80. The summed E-state index contributed by atoms with van der Waals surface area (Å²) in [5, 5.41) is 26.2. The second kappa shape index (κ2) is 8.99. The van der Waals surface area contributed by atoms with Crippen molar-refractivity contribution in [1.82, 2.24) is 0 Å². The number of nitrogens with zero attached hydrogens (tertiary/aromatic N) is 1. The van der Waals surface area contributed by atoms with Crippen LogP contribution in [0.25, 0.3) is 0 Å². The van der Waals surface area contributed by atoms with Gasteiger partial charge < -0.3 is 32.2 Å². The van der Waals surface area contributed by atoms with E-state index in [-0.39, 0.29) is 32.2 Å². The molecule has 0 aliphatic rings. The molecule has 0 aliphatic carbocycles. The van der Waals surface area contributed by atoms with Gasteiger partial charge in [-0.25, -0.2) is 0 Å². The van der Waals surface area contributed by atoms with Crippen molar-refractivity contribution in [3.05, 3.63) is 0 Å². The molecule has 0 amide bonds. The van der Waals surface area contributed by atoms with Crippen LogP contribution in [0.2, 0.25) is 0 Å². The van der Waals surface area contributed by atoms with Gasteiger partial charge in [0.1, 0.15) is 19.6 Å². The molecule has 6 heteroatoms. The van der Waals surface area contributed by atoms with Crippen molar-refractivity contribution in [2.75, 3.05) is 45.5 Å². The van der Waals surface area contributed by atoms with Crippen molar-refractivity contribution >= 4 is 11.6 Å². The SMILES string of the molecule is OCC[N+](CCl)(CCO)CCO.[Cl-]. The zero-order chi connectivity index (χ0) is 9.45. The molecule has 0 aromatic heterocycles. The minimum atomic E-state index is 0. The molecule has 0 aliphatic heterocycles. The lowest BCUT2D eigenvalue weighted by molar-refractivity contribution is -0.918. The molecule has 0 spiro atoms. The predicted octanol–water partition coefficient (Wildman–Crippen LogP) is -4.02. The molecular formula is C7H17Cl2NO3. The van der Waals surface area contributed by atoms with Crippen molar-refractivity contribution in [3.8, 4) is 0 Å². The lowest BCUT2D eigenvalue weighted by atomic mass is 10.4. The highest BCUT2D eigenvalue weighted by Crippen LogP contribution is 2.06. The second-order valence-corrected chi connectivity index (χ2v) is 3.04. The number of hydrogen-bond acceptors (Lipinski definition) is 3. The van der Waals surface area contributed by atoms with Gasteiger partial charge in [-0.2, -0.15) is 0 Å². The highest BCUT2D eigenvalue weighted by Gasteiger charge is 2.24. The Morgan fingerprint density at radius 2 is 1.15 bits per heavy atom. The molecule has 0 aromatic carbocycles. The lowest BCUT2D eigenvalue weighted by Gasteiger charge is -2.34. The van der Waals surface area contributed by atoms with Gasteiger partial charge in [-0.15, -0.1) is 0 Å². The van der Waals surface area contributed by atoms with Crippen LogP contribution < -0.4 is 12.4 Å². The van der Waals surface area contributed by atoms with Crippen LogP contribution in [0.3, 0.4) is 0 Å². The zero-order valence-corrected chi connectivity index (χ0v) is 9.01. The molecule has 0 radical (unpaired) electrons. The van der Waals surface area contributed by atoms with Gasteiger partial charge in [-0.1, -0.05) is 11.6 Å². The van der Waals surface area contributed by atoms with Gasteiger partial charge in [0.05, 0.1) is 19.8 Å². The summed E-state index contributed by atoms with van der Waals surface area (Å²) < 4.78 is 0.366. The molecule has 4 nitrogen and oxygen atoms in total. The Bertz CT molecular complexity index is 98.9. The third kappa shape index (κ3) is 5.67. The number of hydrogen-bond donors (Lipinski definition) is 3. The molecule has 0 fully saturated rings. The summed E-state index contributed by atoms with van der Waals surface area (Å²) in [6, 6.07) is 0.307. The molecule has 0 unspecified atom stereocenters. The maximum absolute atomic E-state index is 8.75. The highest BCUT2D eigenvalue weighted by molar-refractivity contribution is 6.16. The molecule has 0 heterocycles. The maximum Gasteiger partial charge on any atom is 0.155 e. The van der Waals surface area contributed by atoms with Crippen LogP contribution in [0.5, 0.6) is 0 Å². The molecule has 0 rings (SSSR count). The van der Waals surface area contributed by atoms with Crippen LogP contribution in [-0.2, 0) is 0 Å². The number of alkyl halides is 1. The monoisotopic (exact) mass is 233 g/mol. The van der Waals surface area contributed by atoms with Gasteiger partial charge in [0.2, 0.25) is 0 Å². The fourth-order valence-corrected chi connectivity index (χ4v) is 1.51. The van der Waals surface area contributed by atoms with E-state index in [2.05, 4.69) is 0 Å². The van der Waals surface area contributed by atoms with Gasteiger partial charge in [-0.3, -0.25) is 0 Å². The summed E-state index contributed by atoms with van der Waals surface area (Å²) in [6.07, 6.45) is 0. The zero-order valence-electron chi connectivity index (χ0n) is 7.49. The Balaban J connectivity index is 0. The number of rotatable bonds is 7. The first kappa shape index (κ1) is 15.9. The molecule has 0 saturated heterocycles. The average Bonchev–Trinajstić information content (AvgIpc) is 2.06. The van der Waals surface area contributed by atoms with Crippen LogP contribution in [0, 0.1) is 0 Å². The molecule has 0 aromatic rings. The van der Waals surface area contributed by atoms with Gasteiger partial charge in [0.25, 0.3) is 0 Å². The molecule has 3 N–H and O–H groups in total. The average molecular weight is 234 g/mol. The molecule has 0 saturated carbocycles. The summed E-state index contributed by atoms with van der Waals surface area (Å²) in [5.41, 5.74) is 0. The molecular weight excluding hydrogens is 217 g/mol. The van der Waals surface area contributed by atoms with Crippen molar-refractivity contribution in [1.29, 1.82) is 0 Å². The third-order valence-electron chi connectivity index (χ3n) is 1.98. The van der Waals surface area contributed by atoms with E-state index in [4.69, 9.17) is 26.9 Å². The topological polar surface area (TPSA) is 60.7 Å². The van der Waals surface area contributed by atoms with Crippen molar-refractivity contribution in [3.63, 3.8) is 0 Å². The first-order valence-corrected chi connectivity index (χ1v) is 4.52. The smallest absolute Gasteiger partial charge is 0.155 e. The first-order chi connectivity index (χ1) is 5.74. The molecule has 82 valence electrons. The van der Waals surface area contributed by atoms with Gasteiger partial charge in [0, 0.05) is 0 Å². The first-order valence-electron chi connectivity index (χ1n) is 3.98. The van der Waals surface area contributed by atoms with E-state index in [0.29, 0.717) is 30.1 Å². The summed E-state index contributed by atoms with van der Waals surface area (Å²) in [5.74, 6) is 0. The number of quaternary nitrogens is 1. The standard InChI is InChI=1S/C7H17ClNO3.ClH/c8-7-9(1-4-10,2-5-11)3-6-12;/h10-12H,1-7H2;1H/q+1;/p-1. The van der Waals surface area contributed by atoms with Crippen molar-refractivity contribution < 1.29 is 32.2 Å². The van der Waals surface area contributed by atoms with E-state index in [0.717, 1.165) is 0 Å². The third-order valence-corrected chi connectivity index (χ3v) is 2.48. The summed E-state index contributed by atoms with van der Waals surface area (Å²) >= 11 is 5.70. The predicted molar refractivity (Wildman–Crippen MR) is 46.8 cm³/mol. The minimum absolute atomic E-state index is 0. The Labute approximate surface area is 89.7 Å². The minimum Gasteiger partial charge on any atom is -1.00 e. The van der Waals surface area contributed by atoms with Crippen LogP contribution in [0.15, 0.2) is 0 Å². The number of aliphatic hydroxyl groups excluding tert-OH is 3. The van der Waals surface area contributed by atoms with Gasteiger partial charge in [0.15, 0.2) is 6.00 Å². The van der Waals surface area contributed by atoms with E-state index in [9.17, 15) is 0 Å². The van der Waals surface area contributed by atoms with Crippen LogP contribution in [0.1, 0.15) is 0 Å². The Hall–Kier alpha value is 0.420. The Morgan fingerprint density at radius 1 is 0.846 bits per heavy atom. The fraction of sp³-hybridized carbons (Fsp3) is 1.00. The summed E-state index contributed by atoms with van der Waals surface area (Å²) in [6.45, 7) is 1.49.